The first-order valence-electron chi connectivity index (χ1n) is 9.54. The Morgan fingerprint density at radius 1 is 1.29 bits per heavy atom. The summed E-state index contributed by atoms with van der Waals surface area (Å²) in [6, 6.07) is 7.55. The summed E-state index contributed by atoms with van der Waals surface area (Å²) in [6.45, 7) is 6.08. The molecule has 1 aliphatic carbocycles. The van der Waals surface area contributed by atoms with Crippen LogP contribution in [-0.4, -0.2) is 30.6 Å². The van der Waals surface area contributed by atoms with Crippen LogP contribution in [0.5, 0.6) is 5.75 Å². The van der Waals surface area contributed by atoms with Crippen molar-refractivity contribution in [2.24, 2.45) is 11.8 Å². The molecule has 0 spiro atoms. The molecule has 3 nitrogen and oxygen atoms in total. The summed E-state index contributed by atoms with van der Waals surface area (Å²) in [5.41, 5.74) is 2.49. The largest absolute Gasteiger partial charge is 0.497 e. The van der Waals surface area contributed by atoms with Gasteiger partial charge in [0, 0.05) is 35.5 Å². The van der Waals surface area contributed by atoms with Crippen molar-refractivity contribution in [1.82, 2.24) is 4.90 Å². The maximum Gasteiger partial charge on any atom is 0.134 e. The SMILES string of the molecule is CCC1CC2CC3c4oc5ccc(OC)cc5c4C[C@H](C)N(C2)C13. The second-order valence-electron chi connectivity index (χ2n) is 8.16. The first-order valence-corrected chi connectivity index (χ1v) is 9.54. The van der Waals surface area contributed by atoms with Gasteiger partial charge in [-0.15, -0.1) is 0 Å². The third kappa shape index (κ3) is 1.94. The van der Waals surface area contributed by atoms with Crippen LogP contribution in [0, 0.1) is 11.8 Å². The van der Waals surface area contributed by atoms with Crippen LogP contribution in [0.25, 0.3) is 11.0 Å². The van der Waals surface area contributed by atoms with Gasteiger partial charge in [0.15, 0.2) is 0 Å². The van der Waals surface area contributed by atoms with E-state index in [-0.39, 0.29) is 0 Å². The fourth-order valence-electron chi connectivity index (χ4n) is 5.90. The third-order valence-corrected chi connectivity index (χ3v) is 6.93. The van der Waals surface area contributed by atoms with Crippen molar-refractivity contribution in [3.05, 3.63) is 29.5 Å². The number of rotatable bonds is 2. The predicted octanol–water partition coefficient (Wildman–Crippen LogP) is 4.59. The highest BCUT2D eigenvalue weighted by atomic mass is 16.5. The highest BCUT2D eigenvalue weighted by Crippen LogP contribution is 2.53. The molecule has 4 bridgehead atoms. The Morgan fingerprint density at radius 3 is 2.96 bits per heavy atom. The smallest absolute Gasteiger partial charge is 0.134 e. The van der Waals surface area contributed by atoms with E-state index in [0.29, 0.717) is 18.0 Å². The van der Waals surface area contributed by atoms with Crippen molar-refractivity contribution in [3.8, 4) is 5.75 Å². The fourth-order valence-corrected chi connectivity index (χ4v) is 5.90. The molecule has 128 valence electrons. The van der Waals surface area contributed by atoms with Gasteiger partial charge in [0.25, 0.3) is 0 Å². The molecule has 0 N–H and O–H groups in total. The molecule has 6 atom stereocenters. The van der Waals surface area contributed by atoms with Gasteiger partial charge in [0.1, 0.15) is 17.1 Å². The van der Waals surface area contributed by atoms with E-state index in [0.717, 1.165) is 29.6 Å². The average molecular weight is 325 g/mol. The van der Waals surface area contributed by atoms with Crippen molar-refractivity contribution in [2.45, 2.75) is 57.5 Å². The van der Waals surface area contributed by atoms with Crippen LogP contribution < -0.4 is 4.74 Å². The molecule has 1 saturated carbocycles. The predicted molar refractivity (Wildman–Crippen MR) is 95.7 cm³/mol. The van der Waals surface area contributed by atoms with E-state index in [4.69, 9.17) is 9.15 Å². The molecule has 2 aromatic rings. The van der Waals surface area contributed by atoms with Crippen LogP contribution in [0.1, 0.15) is 50.4 Å². The van der Waals surface area contributed by atoms with Crippen molar-refractivity contribution in [3.63, 3.8) is 0 Å². The number of nitrogens with zero attached hydrogens (tertiary/aromatic N) is 1. The van der Waals surface area contributed by atoms with E-state index in [1.807, 2.05) is 6.07 Å². The number of ether oxygens (including phenoxy) is 1. The van der Waals surface area contributed by atoms with Gasteiger partial charge in [-0.1, -0.05) is 13.3 Å². The highest BCUT2D eigenvalue weighted by molar-refractivity contribution is 5.84. The molecule has 1 aromatic heterocycles. The van der Waals surface area contributed by atoms with Gasteiger partial charge >= 0.3 is 0 Å². The number of hydrogen-bond donors (Lipinski definition) is 0. The Balaban J connectivity index is 1.69. The molecule has 4 heterocycles. The quantitative estimate of drug-likeness (QED) is 0.807. The minimum atomic E-state index is 0.584. The molecule has 3 fully saturated rings. The Bertz CT molecular complexity index is 779. The van der Waals surface area contributed by atoms with Crippen LogP contribution in [0.4, 0.5) is 0 Å². The standard InChI is InChI=1S/C21H27NO2/c1-4-14-8-13-9-18-20(14)22(11-13)12(2)7-17-16-10-15(23-3)5-6-19(16)24-21(17)18/h5-6,10,12-14,18,20H,4,7-9,11H2,1-3H3/t12-,13?,14?,18?,20?/m0/s1. The van der Waals surface area contributed by atoms with E-state index in [9.17, 15) is 0 Å². The van der Waals surface area contributed by atoms with Crippen LogP contribution in [0.2, 0.25) is 0 Å². The van der Waals surface area contributed by atoms with Gasteiger partial charge < -0.3 is 9.15 Å². The Morgan fingerprint density at radius 2 is 2.17 bits per heavy atom. The van der Waals surface area contributed by atoms with Crippen molar-refractivity contribution in [1.29, 1.82) is 0 Å². The second kappa shape index (κ2) is 5.26. The molecular formula is C21H27NO2. The molecule has 3 heteroatoms. The van der Waals surface area contributed by atoms with Crippen LogP contribution in [0.15, 0.2) is 22.6 Å². The zero-order chi connectivity index (χ0) is 16.4. The van der Waals surface area contributed by atoms with Crippen molar-refractivity contribution >= 4 is 11.0 Å². The Labute approximate surface area is 144 Å². The number of piperidine rings is 2. The van der Waals surface area contributed by atoms with E-state index < -0.39 is 0 Å². The summed E-state index contributed by atoms with van der Waals surface area (Å²) in [6.07, 6.45) is 5.13. The van der Waals surface area contributed by atoms with E-state index >= 15 is 0 Å². The van der Waals surface area contributed by atoms with Crippen LogP contribution >= 0.6 is 0 Å². The maximum absolute atomic E-state index is 6.47. The number of hydrogen-bond acceptors (Lipinski definition) is 3. The van der Waals surface area contributed by atoms with Gasteiger partial charge in [0.05, 0.1) is 7.11 Å². The molecule has 4 aliphatic rings. The van der Waals surface area contributed by atoms with E-state index in [1.54, 1.807) is 7.11 Å². The first kappa shape index (κ1) is 14.8. The van der Waals surface area contributed by atoms with Crippen LogP contribution in [0.3, 0.4) is 0 Å². The minimum Gasteiger partial charge on any atom is -0.497 e. The van der Waals surface area contributed by atoms with Crippen molar-refractivity contribution in [2.75, 3.05) is 13.7 Å². The minimum absolute atomic E-state index is 0.584. The molecule has 3 aliphatic heterocycles. The zero-order valence-electron chi connectivity index (χ0n) is 14.9. The molecule has 0 radical (unpaired) electrons. The lowest BCUT2D eigenvalue weighted by Gasteiger charge is -2.54. The van der Waals surface area contributed by atoms with E-state index in [1.165, 1.54) is 42.5 Å². The Kier molecular flexibility index (Phi) is 3.25. The fraction of sp³-hybridized carbons (Fsp3) is 0.619. The lowest BCUT2D eigenvalue weighted by molar-refractivity contribution is -0.0384. The summed E-state index contributed by atoms with van der Waals surface area (Å²) in [5.74, 6) is 4.49. The monoisotopic (exact) mass is 325 g/mol. The average Bonchev–Trinajstić information content (AvgIpc) is 2.95. The number of fused-ring (bicyclic) bond motifs is 4. The normalized spacial score (nSPS) is 37.3. The zero-order valence-corrected chi connectivity index (χ0v) is 14.9. The molecule has 1 aromatic carbocycles. The molecule has 0 amide bonds. The topological polar surface area (TPSA) is 25.6 Å². The summed E-state index contributed by atoms with van der Waals surface area (Å²) < 4.78 is 11.9. The molecular weight excluding hydrogens is 298 g/mol. The van der Waals surface area contributed by atoms with Gasteiger partial charge in [-0.3, -0.25) is 4.90 Å². The lowest BCUT2D eigenvalue weighted by atomic mass is 9.65. The summed E-state index contributed by atoms with van der Waals surface area (Å²) in [7, 11) is 1.74. The molecule has 24 heavy (non-hydrogen) atoms. The maximum atomic E-state index is 6.47. The lowest BCUT2D eigenvalue weighted by Crippen LogP contribution is -2.58. The molecule has 2 saturated heterocycles. The summed E-state index contributed by atoms with van der Waals surface area (Å²) in [4.78, 5) is 2.82. The number of methoxy groups -OCH3 is 1. The highest BCUT2D eigenvalue weighted by Gasteiger charge is 2.51. The first-order chi connectivity index (χ1) is 11.7. The van der Waals surface area contributed by atoms with Crippen molar-refractivity contribution < 1.29 is 9.15 Å². The van der Waals surface area contributed by atoms with E-state index in [2.05, 4.69) is 30.9 Å². The third-order valence-electron chi connectivity index (χ3n) is 6.93. The van der Waals surface area contributed by atoms with Gasteiger partial charge in [-0.25, -0.2) is 0 Å². The van der Waals surface area contributed by atoms with Gasteiger partial charge in [-0.2, -0.15) is 0 Å². The summed E-state index contributed by atoms with van der Waals surface area (Å²) >= 11 is 0. The second-order valence-corrected chi connectivity index (χ2v) is 8.16. The summed E-state index contributed by atoms with van der Waals surface area (Å²) in [5, 5.41) is 1.27. The van der Waals surface area contributed by atoms with Gasteiger partial charge in [0.2, 0.25) is 0 Å². The number of benzene rings is 1. The molecule has 5 unspecified atom stereocenters. The Hall–Kier alpha value is -1.48. The van der Waals surface area contributed by atoms with Gasteiger partial charge in [-0.05, 0) is 56.2 Å². The number of furan rings is 1. The molecule has 6 rings (SSSR count). The van der Waals surface area contributed by atoms with Crippen LogP contribution in [-0.2, 0) is 6.42 Å².